The number of aromatic amines is 1. The summed E-state index contributed by atoms with van der Waals surface area (Å²) in [5, 5.41) is 12.0. The Hall–Kier alpha value is -2.44. The van der Waals surface area contributed by atoms with Crippen molar-refractivity contribution in [1.29, 1.82) is 0 Å². The summed E-state index contributed by atoms with van der Waals surface area (Å²) in [6.07, 6.45) is 5.32. The van der Waals surface area contributed by atoms with Gasteiger partial charge in [-0.3, -0.25) is 9.48 Å². The smallest absolute Gasteiger partial charge is 0.278 e. The summed E-state index contributed by atoms with van der Waals surface area (Å²) >= 11 is 0. The monoisotopic (exact) mass is 244 g/mol. The highest BCUT2D eigenvalue weighted by atomic mass is 16.1. The van der Waals surface area contributed by atoms with E-state index in [9.17, 15) is 4.79 Å². The lowest BCUT2D eigenvalue weighted by molar-refractivity contribution is 0.646. The van der Waals surface area contributed by atoms with Gasteiger partial charge < -0.3 is 4.98 Å². The van der Waals surface area contributed by atoms with E-state index in [2.05, 4.69) is 20.4 Å². The third kappa shape index (κ3) is 1.44. The zero-order chi connectivity index (χ0) is 12.7. The Labute approximate surface area is 102 Å². The maximum Gasteiger partial charge on any atom is 0.278 e. The summed E-state index contributed by atoms with van der Waals surface area (Å²) in [7, 11) is 1.85. The SMILES string of the molecule is CCn1nnc2c(=O)[nH]cc(-c3cnn(C)c3)c21. The molecule has 0 aliphatic carbocycles. The van der Waals surface area contributed by atoms with Crippen molar-refractivity contribution in [2.45, 2.75) is 13.5 Å². The first kappa shape index (κ1) is 10.7. The van der Waals surface area contributed by atoms with E-state index >= 15 is 0 Å². The fraction of sp³-hybridized carbons (Fsp3) is 0.273. The number of pyridine rings is 1. The third-order valence-electron chi connectivity index (χ3n) is 2.87. The van der Waals surface area contributed by atoms with Crippen LogP contribution in [0.1, 0.15) is 6.92 Å². The second kappa shape index (κ2) is 3.80. The minimum atomic E-state index is -0.225. The van der Waals surface area contributed by atoms with Gasteiger partial charge >= 0.3 is 0 Å². The molecule has 0 saturated heterocycles. The molecule has 3 heterocycles. The van der Waals surface area contributed by atoms with Crippen LogP contribution in [-0.4, -0.2) is 29.8 Å². The van der Waals surface area contributed by atoms with Crippen LogP contribution in [0.15, 0.2) is 23.4 Å². The molecule has 0 atom stereocenters. The average Bonchev–Trinajstić information content (AvgIpc) is 2.96. The predicted molar refractivity (Wildman–Crippen MR) is 66.0 cm³/mol. The van der Waals surface area contributed by atoms with E-state index in [1.807, 2.05) is 20.2 Å². The van der Waals surface area contributed by atoms with Crippen LogP contribution >= 0.6 is 0 Å². The number of nitrogens with zero attached hydrogens (tertiary/aromatic N) is 5. The van der Waals surface area contributed by atoms with Crippen molar-refractivity contribution in [3.63, 3.8) is 0 Å². The Kier molecular flexibility index (Phi) is 2.26. The van der Waals surface area contributed by atoms with E-state index in [-0.39, 0.29) is 5.56 Å². The Morgan fingerprint density at radius 1 is 1.44 bits per heavy atom. The Morgan fingerprint density at radius 2 is 2.28 bits per heavy atom. The largest absolute Gasteiger partial charge is 0.326 e. The Morgan fingerprint density at radius 3 is 2.94 bits per heavy atom. The normalized spacial score (nSPS) is 11.2. The molecule has 92 valence electrons. The molecule has 0 aliphatic rings. The van der Waals surface area contributed by atoms with Gasteiger partial charge in [0.15, 0.2) is 5.52 Å². The van der Waals surface area contributed by atoms with Gasteiger partial charge in [0, 0.05) is 37.1 Å². The van der Waals surface area contributed by atoms with Crippen molar-refractivity contribution in [2.75, 3.05) is 0 Å². The average molecular weight is 244 g/mol. The van der Waals surface area contributed by atoms with Gasteiger partial charge in [-0.2, -0.15) is 5.10 Å². The lowest BCUT2D eigenvalue weighted by atomic mass is 10.1. The van der Waals surface area contributed by atoms with Gasteiger partial charge in [0.25, 0.3) is 5.56 Å². The zero-order valence-electron chi connectivity index (χ0n) is 10.1. The molecule has 0 aliphatic heterocycles. The van der Waals surface area contributed by atoms with Gasteiger partial charge in [0.2, 0.25) is 0 Å². The van der Waals surface area contributed by atoms with Crippen LogP contribution in [0, 0.1) is 0 Å². The summed E-state index contributed by atoms with van der Waals surface area (Å²) < 4.78 is 3.43. The van der Waals surface area contributed by atoms with Gasteiger partial charge in [-0.05, 0) is 6.92 Å². The second-order valence-electron chi connectivity index (χ2n) is 4.04. The van der Waals surface area contributed by atoms with Crippen LogP contribution in [0.25, 0.3) is 22.2 Å². The first-order valence-electron chi connectivity index (χ1n) is 5.64. The predicted octanol–water partition coefficient (Wildman–Crippen LogP) is 0.540. The molecule has 1 N–H and O–H groups in total. The van der Waals surface area contributed by atoms with E-state index in [0.29, 0.717) is 12.1 Å². The summed E-state index contributed by atoms with van der Waals surface area (Å²) in [5.74, 6) is 0. The van der Waals surface area contributed by atoms with Gasteiger partial charge in [0.05, 0.1) is 6.20 Å². The quantitative estimate of drug-likeness (QED) is 0.713. The van der Waals surface area contributed by atoms with Gasteiger partial charge in [0.1, 0.15) is 5.52 Å². The van der Waals surface area contributed by atoms with E-state index in [1.54, 1.807) is 21.8 Å². The molecule has 3 aromatic heterocycles. The molecule has 18 heavy (non-hydrogen) atoms. The molecule has 7 heteroatoms. The van der Waals surface area contributed by atoms with Gasteiger partial charge in [-0.25, -0.2) is 4.68 Å². The lowest BCUT2D eigenvalue weighted by Gasteiger charge is -2.02. The van der Waals surface area contributed by atoms with Crippen LogP contribution in [0.5, 0.6) is 0 Å². The van der Waals surface area contributed by atoms with Crippen molar-refractivity contribution < 1.29 is 0 Å². The van der Waals surface area contributed by atoms with Gasteiger partial charge in [-0.15, -0.1) is 5.10 Å². The molecular formula is C11H12N6O. The van der Waals surface area contributed by atoms with Crippen LogP contribution in [0.3, 0.4) is 0 Å². The molecule has 0 bridgehead atoms. The number of nitrogens with one attached hydrogen (secondary N) is 1. The minimum absolute atomic E-state index is 0.225. The molecule has 0 fully saturated rings. The minimum Gasteiger partial charge on any atom is -0.326 e. The summed E-state index contributed by atoms with van der Waals surface area (Å²) in [4.78, 5) is 14.4. The molecule has 0 spiro atoms. The molecule has 0 unspecified atom stereocenters. The van der Waals surface area contributed by atoms with Crippen LogP contribution in [0.2, 0.25) is 0 Å². The van der Waals surface area contributed by atoms with Crippen molar-refractivity contribution in [3.05, 3.63) is 28.9 Å². The van der Waals surface area contributed by atoms with Gasteiger partial charge in [-0.1, -0.05) is 5.21 Å². The maximum absolute atomic E-state index is 11.7. The molecule has 0 radical (unpaired) electrons. The number of H-pyrrole nitrogens is 1. The van der Waals surface area contributed by atoms with E-state index < -0.39 is 0 Å². The number of aromatic nitrogens is 6. The fourth-order valence-electron chi connectivity index (χ4n) is 2.01. The fourth-order valence-corrected chi connectivity index (χ4v) is 2.01. The summed E-state index contributed by atoms with van der Waals surface area (Å²) in [6.45, 7) is 2.62. The topological polar surface area (TPSA) is 81.4 Å². The van der Waals surface area contributed by atoms with E-state index in [0.717, 1.165) is 16.6 Å². The molecule has 3 rings (SSSR count). The molecule has 0 aromatic carbocycles. The summed E-state index contributed by atoms with van der Waals surface area (Å²) in [5.41, 5.74) is 2.69. The first-order chi connectivity index (χ1) is 8.70. The first-order valence-corrected chi connectivity index (χ1v) is 5.64. The molecule has 0 saturated carbocycles. The molecule has 3 aromatic rings. The van der Waals surface area contributed by atoms with E-state index in [4.69, 9.17) is 0 Å². The molecular weight excluding hydrogens is 232 g/mol. The number of rotatable bonds is 2. The second-order valence-corrected chi connectivity index (χ2v) is 4.04. The lowest BCUT2D eigenvalue weighted by Crippen LogP contribution is -2.07. The highest BCUT2D eigenvalue weighted by Crippen LogP contribution is 2.24. The highest BCUT2D eigenvalue weighted by Gasteiger charge is 2.14. The van der Waals surface area contributed by atoms with Crippen LogP contribution in [0.4, 0.5) is 0 Å². The third-order valence-corrected chi connectivity index (χ3v) is 2.87. The van der Waals surface area contributed by atoms with Crippen molar-refractivity contribution >= 4 is 11.0 Å². The van der Waals surface area contributed by atoms with Crippen molar-refractivity contribution in [1.82, 2.24) is 29.8 Å². The van der Waals surface area contributed by atoms with Crippen molar-refractivity contribution in [2.24, 2.45) is 7.05 Å². The molecule has 7 nitrogen and oxygen atoms in total. The molecule has 0 amide bonds. The number of aryl methyl sites for hydroxylation is 2. The van der Waals surface area contributed by atoms with Crippen LogP contribution in [-0.2, 0) is 13.6 Å². The Balaban J connectivity index is 2.39. The van der Waals surface area contributed by atoms with Crippen LogP contribution < -0.4 is 5.56 Å². The van der Waals surface area contributed by atoms with Crippen molar-refractivity contribution in [3.8, 4) is 11.1 Å². The summed E-state index contributed by atoms with van der Waals surface area (Å²) in [6, 6.07) is 0. The number of fused-ring (bicyclic) bond motifs is 1. The zero-order valence-corrected chi connectivity index (χ0v) is 10.1. The standard InChI is InChI=1S/C11H12N6O/c1-3-17-10-8(7-4-13-16(2)6-7)5-12-11(18)9(10)14-15-17/h4-6H,3H2,1-2H3,(H,12,18). The highest BCUT2D eigenvalue weighted by molar-refractivity contribution is 5.90. The maximum atomic E-state index is 11.7. The van der Waals surface area contributed by atoms with E-state index in [1.165, 1.54) is 0 Å². The number of hydrogen-bond donors (Lipinski definition) is 1. The number of hydrogen-bond acceptors (Lipinski definition) is 4. The Bertz CT molecular complexity index is 765.